The fourth-order valence-corrected chi connectivity index (χ4v) is 1.46. The minimum atomic E-state index is -0.203. The summed E-state index contributed by atoms with van der Waals surface area (Å²) in [5, 5.41) is 5.54. The highest BCUT2D eigenvalue weighted by molar-refractivity contribution is 5.90. The first-order valence-electron chi connectivity index (χ1n) is 5.89. The molecule has 2 amide bonds. The van der Waals surface area contributed by atoms with Crippen LogP contribution < -0.4 is 10.6 Å². The van der Waals surface area contributed by atoms with Gasteiger partial charge in [0.2, 0.25) is 11.8 Å². The van der Waals surface area contributed by atoms with E-state index >= 15 is 0 Å². The van der Waals surface area contributed by atoms with Crippen LogP contribution in [-0.2, 0) is 9.59 Å². The molecule has 1 aromatic carbocycles. The first-order chi connectivity index (χ1) is 8.56. The molecule has 4 heteroatoms. The SMILES string of the molecule is C=CC(=O)NC(C)c1ccc(NC(=O)CC)cc1. The standard InChI is InChI=1S/C14H18N2O2/c1-4-13(17)15-10(3)11-6-8-12(9-7-11)16-14(18)5-2/h4,6-10H,1,5H2,2-3H3,(H,15,17)(H,16,18). The molecule has 0 bridgehead atoms. The van der Waals surface area contributed by atoms with Crippen LogP contribution in [-0.4, -0.2) is 11.8 Å². The molecule has 96 valence electrons. The second kappa shape index (κ2) is 6.59. The zero-order valence-corrected chi connectivity index (χ0v) is 10.7. The Balaban J connectivity index is 2.67. The van der Waals surface area contributed by atoms with E-state index in [9.17, 15) is 9.59 Å². The van der Waals surface area contributed by atoms with E-state index < -0.39 is 0 Å². The second-order valence-corrected chi connectivity index (χ2v) is 3.96. The van der Waals surface area contributed by atoms with Gasteiger partial charge in [-0.25, -0.2) is 0 Å². The molecule has 0 aromatic heterocycles. The van der Waals surface area contributed by atoms with E-state index in [0.717, 1.165) is 11.3 Å². The highest BCUT2D eigenvalue weighted by Crippen LogP contribution is 2.16. The molecular weight excluding hydrogens is 228 g/mol. The van der Waals surface area contributed by atoms with E-state index in [-0.39, 0.29) is 17.9 Å². The zero-order chi connectivity index (χ0) is 13.5. The molecule has 0 saturated carbocycles. The zero-order valence-electron chi connectivity index (χ0n) is 10.7. The summed E-state index contributed by atoms with van der Waals surface area (Å²) in [7, 11) is 0. The maximum Gasteiger partial charge on any atom is 0.243 e. The summed E-state index contributed by atoms with van der Waals surface area (Å²) >= 11 is 0. The van der Waals surface area contributed by atoms with Crippen molar-refractivity contribution in [3.63, 3.8) is 0 Å². The van der Waals surface area contributed by atoms with Gasteiger partial charge in [-0.1, -0.05) is 25.6 Å². The van der Waals surface area contributed by atoms with Crippen LogP contribution >= 0.6 is 0 Å². The van der Waals surface area contributed by atoms with E-state index in [4.69, 9.17) is 0 Å². The number of carbonyl (C=O) groups excluding carboxylic acids is 2. The first-order valence-corrected chi connectivity index (χ1v) is 5.89. The van der Waals surface area contributed by atoms with Gasteiger partial charge in [-0.2, -0.15) is 0 Å². The number of anilines is 1. The van der Waals surface area contributed by atoms with Gasteiger partial charge in [0.05, 0.1) is 6.04 Å². The Kier molecular flexibility index (Phi) is 5.11. The van der Waals surface area contributed by atoms with E-state index in [2.05, 4.69) is 17.2 Å². The summed E-state index contributed by atoms with van der Waals surface area (Å²) in [6.45, 7) is 7.10. The van der Waals surface area contributed by atoms with Gasteiger partial charge in [0.1, 0.15) is 0 Å². The Hall–Kier alpha value is -2.10. The summed E-state index contributed by atoms with van der Waals surface area (Å²) in [4.78, 5) is 22.4. The molecule has 1 aromatic rings. The van der Waals surface area contributed by atoms with Crippen molar-refractivity contribution in [1.29, 1.82) is 0 Å². The van der Waals surface area contributed by atoms with Crippen LogP contribution in [0.4, 0.5) is 5.69 Å². The van der Waals surface area contributed by atoms with Crippen molar-refractivity contribution < 1.29 is 9.59 Å². The summed E-state index contributed by atoms with van der Waals surface area (Å²) in [6.07, 6.45) is 1.69. The van der Waals surface area contributed by atoms with Crippen molar-refractivity contribution in [3.8, 4) is 0 Å². The fourth-order valence-electron chi connectivity index (χ4n) is 1.46. The number of hydrogen-bond donors (Lipinski definition) is 2. The smallest absolute Gasteiger partial charge is 0.243 e. The minimum Gasteiger partial charge on any atom is -0.346 e. The molecule has 1 unspecified atom stereocenters. The largest absolute Gasteiger partial charge is 0.346 e. The number of rotatable bonds is 5. The van der Waals surface area contributed by atoms with Gasteiger partial charge in [0, 0.05) is 12.1 Å². The Morgan fingerprint density at radius 2 is 1.94 bits per heavy atom. The predicted octanol–water partition coefficient (Wildman–Crippen LogP) is 2.40. The van der Waals surface area contributed by atoms with Crippen LogP contribution in [0.2, 0.25) is 0 Å². The van der Waals surface area contributed by atoms with Gasteiger partial charge in [0.25, 0.3) is 0 Å². The first kappa shape index (κ1) is 14.0. The third-order valence-corrected chi connectivity index (χ3v) is 2.56. The Labute approximate surface area is 107 Å². The number of nitrogens with one attached hydrogen (secondary N) is 2. The van der Waals surface area contributed by atoms with Crippen molar-refractivity contribution >= 4 is 17.5 Å². The maximum absolute atomic E-state index is 11.2. The van der Waals surface area contributed by atoms with Crippen molar-refractivity contribution in [2.24, 2.45) is 0 Å². The average molecular weight is 246 g/mol. The van der Waals surface area contributed by atoms with Crippen molar-refractivity contribution in [1.82, 2.24) is 5.32 Å². The molecule has 2 N–H and O–H groups in total. The summed E-state index contributed by atoms with van der Waals surface area (Å²) < 4.78 is 0. The van der Waals surface area contributed by atoms with Gasteiger partial charge in [-0.05, 0) is 30.7 Å². The Morgan fingerprint density at radius 1 is 1.33 bits per heavy atom. The molecular formula is C14H18N2O2. The van der Waals surface area contributed by atoms with Gasteiger partial charge < -0.3 is 10.6 Å². The van der Waals surface area contributed by atoms with Gasteiger partial charge in [-0.15, -0.1) is 0 Å². The molecule has 0 aliphatic rings. The quantitative estimate of drug-likeness (QED) is 0.784. The van der Waals surface area contributed by atoms with E-state index in [1.165, 1.54) is 6.08 Å². The lowest BCUT2D eigenvalue weighted by molar-refractivity contribution is -0.117. The minimum absolute atomic E-state index is 0.0178. The summed E-state index contributed by atoms with van der Waals surface area (Å²) in [5.74, 6) is -0.221. The molecule has 4 nitrogen and oxygen atoms in total. The summed E-state index contributed by atoms with van der Waals surface area (Å²) in [5.41, 5.74) is 1.73. The monoisotopic (exact) mass is 246 g/mol. The van der Waals surface area contributed by atoms with E-state index in [0.29, 0.717) is 6.42 Å². The Morgan fingerprint density at radius 3 is 2.44 bits per heavy atom. The fraction of sp³-hybridized carbons (Fsp3) is 0.286. The van der Waals surface area contributed by atoms with Crippen LogP contribution in [0.3, 0.4) is 0 Å². The molecule has 0 saturated heterocycles. The van der Waals surface area contributed by atoms with Crippen LogP contribution in [0.5, 0.6) is 0 Å². The van der Waals surface area contributed by atoms with Crippen molar-refractivity contribution in [2.75, 3.05) is 5.32 Å². The molecule has 18 heavy (non-hydrogen) atoms. The number of hydrogen-bond acceptors (Lipinski definition) is 2. The Bertz CT molecular complexity index is 438. The molecule has 1 rings (SSSR count). The second-order valence-electron chi connectivity index (χ2n) is 3.96. The molecule has 0 aliphatic heterocycles. The highest BCUT2D eigenvalue weighted by Gasteiger charge is 2.07. The molecule has 0 heterocycles. The average Bonchev–Trinajstić information content (AvgIpc) is 2.39. The lowest BCUT2D eigenvalue weighted by Crippen LogP contribution is -2.24. The third-order valence-electron chi connectivity index (χ3n) is 2.56. The normalized spacial score (nSPS) is 11.4. The van der Waals surface area contributed by atoms with Crippen molar-refractivity contribution in [2.45, 2.75) is 26.3 Å². The molecule has 1 atom stereocenters. The van der Waals surface area contributed by atoms with Crippen LogP contribution in [0.1, 0.15) is 31.9 Å². The number of benzene rings is 1. The van der Waals surface area contributed by atoms with Crippen LogP contribution in [0.15, 0.2) is 36.9 Å². The third kappa shape index (κ3) is 4.05. The molecule has 0 fully saturated rings. The van der Waals surface area contributed by atoms with Gasteiger partial charge >= 0.3 is 0 Å². The van der Waals surface area contributed by atoms with E-state index in [1.54, 1.807) is 6.92 Å². The predicted molar refractivity (Wildman–Crippen MR) is 72.1 cm³/mol. The lowest BCUT2D eigenvalue weighted by atomic mass is 10.1. The van der Waals surface area contributed by atoms with E-state index in [1.807, 2.05) is 31.2 Å². The number of amides is 2. The van der Waals surface area contributed by atoms with Gasteiger partial charge in [0.15, 0.2) is 0 Å². The topological polar surface area (TPSA) is 58.2 Å². The lowest BCUT2D eigenvalue weighted by Gasteiger charge is -2.13. The highest BCUT2D eigenvalue weighted by atomic mass is 16.2. The van der Waals surface area contributed by atoms with Gasteiger partial charge in [-0.3, -0.25) is 9.59 Å². The number of carbonyl (C=O) groups is 2. The van der Waals surface area contributed by atoms with Crippen LogP contribution in [0, 0.1) is 0 Å². The molecule has 0 radical (unpaired) electrons. The van der Waals surface area contributed by atoms with Crippen molar-refractivity contribution in [3.05, 3.63) is 42.5 Å². The van der Waals surface area contributed by atoms with Crippen LogP contribution in [0.25, 0.3) is 0 Å². The maximum atomic E-state index is 11.2. The molecule has 0 aliphatic carbocycles. The molecule has 0 spiro atoms. The summed E-state index contributed by atoms with van der Waals surface area (Å²) in [6, 6.07) is 7.30.